The number of nitrogens with one attached hydrogen (secondary N) is 1. The van der Waals surface area contributed by atoms with Crippen LogP contribution >= 0.6 is 39.5 Å². The Morgan fingerprint density at radius 1 is 1.30 bits per heavy atom. The lowest BCUT2D eigenvalue weighted by molar-refractivity contribution is 0.0916. The van der Waals surface area contributed by atoms with Crippen molar-refractivity contribution in [2.75, 3.05) is 0 Å². The minimum atomic E-state index is -0.518. The number of thiocarbonyl (C=S) groups is 1. The number of amides is 1. The van der Waals surface area contributed by atoms with Gasteiger partial charge in [0.2, 0.25) is 0 Å². The lowest BCUT2D eigenvalue weighted by Crippen LogP contribution is -2.56. The smallest absolute Gasteiger partial charge is 0.263 e. The molecule has 1 fully saturated rings. The second-order valence-corrected chi connectivity index (χ2v) is 7.48. The molecule has 20 heavy (non-hydrogen) atoms. The maximum atomic E-state index is 12.5. The van der Waals surface area contributed by atoms with Crippen molar-refractivity contribution in [3.8, 4) is 0 Å². The number of carbonyl (C=O) groups is 1. The van der Waals surface area contributed by atoms with Crippen molar-refractivity contribution >= 4 is 50.4 Å². The van der Waals surface area contributed by atoms with Crippen LogP contribution in [0, 0.1) is 0 Å². The van der Waals surface area contributed by atoms with Crippen LogP contribution in [-0.4, -0.2) is 16.4 Å². The zero-order valence-electron chi connectivity index (χ0n) is 11.3. The lowest BCUT2D eigenvalue weighted by atomic mass is 9.83. The number of hydrogen-bond acceptors (Lipinski definition) is 3. The molecular formula is C14H19BrN2OS2. The highest BCUT2D eigenvalue weighted by Gasteiger charge is 2.35. The third-order valence-electron chi connectivity index (χ3n) is 3.85. The van der Waals surface area contributed by atoms with E-state index >= 15 is 0 Å². The number of hydrogen-bond donors (Lipinski definition) is 2. The lowest BCUT2D eigenvalue weighted by Gasteiger charge is -2.35. The Balaban J connectivity index is 2.17. The van der Waals surface area contributed by atoms with Gasteiger partial charge in [0.25, 0.3) is 5.91 Å². The summed E-state index contributed by atoms with van der Waals surface area (Å²) in [5.41, 5.74) is 5.45. The first-order chi connectivity index (χ1) is 9.55. The molecule has 1 amide bonds. The van der Waals surface area contributed by atoms with Gasteiger partial charge in [0.15, 0.2) is 0 Å². The van der Waals surface area contributed by atoms with Crippen LogP contribution in [0.1, 0.15) is 54.6 Å². The van der Waals surface area contributed by atoms with Gasteiger partial charge in [-0.25, -0.2) is 0 Å². The number of thiophene rings is 1. The molecule has 1 aromatic heterocycles. The maximum absolute atomic E-state index is 12.5. The van der Waals surface area contributed by atoms with Gasteiger partial charge in [0.1, 0.15) is 4.88 Å². The second kappa shape index (κ2) is 7.00. The molecule has 0 atom stereocenters. The van der Waals surface area contributed by atoms with Gasteiger partial charge in [0, 0.05) is 4.47 Å². The number of carbonyl (C=O) groups excluding carboxylic acids is 1. The van der Waals surface area contributed by atoms with E-state index in [2.05, 4.69) is 21.2 Å². The van der Waals surface area contributed by atoms with Crippen molar-refractivity contribution in [2.24, 2.45) is 5.73 Å². The van der Waals surface area contributed by atoms with Crippen LogP contribution in [0.4, 0.5) is 0 Å². The minimum absolute atomic E-state index is 0.0831. The first-order valence-electron chi connectivity index (χ1n) is 6.90. The van der Waals surface area contributed by atoms with Gasteiger partial charge in [-0.1, -0.05) is 44.3 Å². The Bertz CT molecular complexity index is 493. The summed E-state index contributed by atoms with van der Waals surface area (Å²) >= 11 is 10.1. The average molecular weight is 375 g/mol. The second-order valence-electron chi connectivity index (χ2n) is 5.27. The molecule has 0 saturated heterocycles. The SMILES string of the molecule is NC(=S)C1(NC(=O)c2sccc2Br)CCCCCCC1. The Morgan fingerprint density at radius 2 is 1.90 bits per heavy atom. The fraction of sp³-hybridized carbons (Fsp3) is 0.571. The van der Waals surface area contributed by atoms with E-state index in [0.717, 1.165) is 30.2 Å². The Morgan fingerprint density at radius 3 is 2.40 bits per heavy atom. The number of rotatable bonds is 3. The highest BCUT2D eigenvalue weighted by Crippen LogP contribution is 2.29. The van der Waals surface area contributed by atoms with Crippen LogP contribution in [0.25, 0.3) is 0 Å². The van der Waals surface area contributed by atoms with E-state index < -0.39 is 5.54 Å². The van der Waals surface area contributed by atoms with Crippen LogP contribution in [0.15, 0.2) is 15.9 Å². The molecule has 0 spiro atoms. The van der Waals surface area contributed by atoms with Crippen LogP contribution in [0.3, 0.4) is 0 Å². The highest BCUT2D eigenvalue weighted by molar-refractivity contribution is 9.10. The fourth-order valence-corrected chi connectivity index (χ4v) is 4.37. The summed E-state index contributed by atoms with van der Waals surface area (Å²) in [6, 6.07) is 1.88. The first-order valence-corrected chi connectivity index (χ1v) is 8.99. The highest BCUT2D eigenvalue weighted by atomic mass is 79.9. The molecule has 1 aliphatic rings. The summed E-state index contributed by atoms with van der Waals surface area (Å²) in [6.45, 7) is 0. The van der Waals surface area contributed by atoms with Gasteiger partial charge in [-0.05, 0) is 40.2 Å². The van der Waals surface area contributed by atoms with Crippen molar-refractivity contribution in [3.05, 3.63) is 20.8 Å². The molecule has 1 aliphatic carbocycles. The average Bonchev–Trinajstić information content (AvgIpc) is 2.78. The van der Waals surface area contributed by atoms with Crippen molar-refractivity contribution in [3.63, 3.8) is 0 Å². The molecule has 6 heteroatoms. The molecule has 110 valence electrons. The molecule has 1 heterocycles. The molecule has 0 aliphatic heterocycles. The van der Waals surface area contributed by atoms with E-state index in [0.29, 0.717) is 9.87 Å². The van der Waals surface area contributed by atoms with Gasteiger partial charge in [-0.2, -0.15) is 0 Å². The van der Waals surface area contributed by atoms with Gasteiger partial charge < -0.3 is 11.1 Å². The molecule has 1 saturated carbocycles. The van der Waals surface area contributed by atoms with Gasteiger partial charge in [-0.15, -0.1) is 11.3 Å². The van der Waals surface area contributed by atoms with E-state index in [-0.39, 0.29) is 5.91 Å². The molecule has 3 nitrogen and oxygen atoms in total. The van der Waals surface area contributed by atoms with Crippen molar-refractivity contribution < 1.29 is 4.79 Å². The Hall–Kier alpha value is -0.460. The molecule has 2 rings (SSSR count). The summed E-state index contributed by atoms with van der Waals surface area (Å²) in [7, 11) is 0. The topological polar surface area (TPSA) is 55.1 Å². The number of nitrogens with two attached hydrogens (primary N) is 1. The summed E-state index contributed by atoms with van der Waals surface area (Å²) in [5.74, 6) is -0.0831. The normalized spacial score (nSPS) is 18.9. The molecule has 3 N–H and O–H groups in total. The molecule has 0 aromatic carbocycles. The first kappa shape index (κ1) is 15.9. The summed E-state index contributed by atoms with van der Waals surface area (Å²) < 4.78 is 0.823. The Kier molecular flexibility index (Phi) is 5.57. The number of halogens is 1. The van der Waals surface area contributed by atoms with Crippen LogP contribution in [0.5, 0.6) is 0 Å². The van der Waals surface area contributed by atoms with Crippen molar-refractivity contribution in [2.45, 2.75) is 50.5 Å². The summed E-state index contributed by atoms with van der Waals surface area (Å²) in [4.78, 5) is 13.6. The van der Waals surface area contributed by atoms with Crippen LogP contribution in [-0.2, 0) is 0 Å². The van der Waals surface area contributed by atoms with Crippen molar-refractivity contribution in [1.29, 1.82) is 0 Å². The Labute approximate surface area is 137 Å². The molecule has 0 radical (unpaired) electrons. The molecule has 1 aromatic rings. The summed E-state index contributed by atoms with van der Waals surface area (Å²) in [6.07, 6.45) is 7.43. The maximum Gasteiger partial charge on any atom is 0.263 e. The molecule has 0 unspecified atom stereocenters. The fourth-order valence-electron chi connectivity index (χ4n) is 2.67. The monoisotopic (exact) mass is 374 g/mol. The van der Waals surface area contributed by atoms with E-state index in [1.807, 2.05) is 11.4 Å². The van der Waals surface area contributed by atoms with Gasteiger partial charge in [0.05, 0.1) is 10.5 Å². The zero-order valence-corrected chi connectivity index (χ0v) is 14.5. The molecule has 0 bridgehead atoms. The quantitative estimate of drug-likeness (QED) is 0.785. The minimum Gasteiger partial charge on any atom is -0.391 e. The zero-order chi connectivity index (χ0) is 14.6. The van der Waals surface area contributed by atoms with E-state index in [4.69, 9.17) is 18.0 Å². The van der Waals surface area contributed by atoms with Crippen LogP contribution < -0.4 is 11.1 Å². The predicted molar refractivity (Wildman–Crippen MR) is 91.3 cm³/mol. The van der Waals surface area contributed by atoms with E-state index in [1.54, 1.807) is 0 Å². The van der Waals surface area contributed by atoms with Crippen molar-refractivity contribution in [1.82, 2.24) is 5.32 Å². The van der Waals surface area contributed by atoms with Gasteiger partial charge >= 0.3 is 0 Å². The van der Waals surface area contributed by atoms with E-state index in [9.17, 15) is 4.79 Å². The van der Waals surface area contributed by atoms with Crippen LogP contribution in [0.2, 0.25) is 0 Å². The largest absolute Gasteiger partial charge is 0.391 e. The third-order valence-corrected chi connectivity index (χ3v) is 6.08. The van der Waals surface area contributed by atoms with Gasteiger partial charge in [-0.3, -0.25) is 4.79 Å². The molecular weight excluding hydrogens is 356 g/mol. The third kappa shape index (κ3) is 3.59. The standard InChI is InChI=1S/C14H19BrN2OS2/c15-10-6-9-20-11(10)12(18)17-14(13(16)19)7-4-2-1-3-5-8-14/h6,9H,1-5,7-8H2,(H2,16,19)(H,17,18). The van der Waals surface area contributed by atoms with E-state index in [1.165, 1.54) is 30.6 Å². The predicted octanol–water partition coefficient (Wildman–Crippen LogP) is 4.01. The summed E-state index contributed by atoms with van der Waals surface area (Å²) in [5, 5.41) is 5.01.